The number of aryl methyl sites for hydroxylation is 1. The van der Waals surface area contributed by atoms with Crippen LogP contribution in [0.4, 0.5) is 5.69 Å². The van der Waals surface area contributed by atoms with Crippen molar-refractivity contribution >= 4 is 52.2 Å². The van der Waals surface area contributed by atoms with E-state index in [1.54, 1.807) is 0 Å². The average Bonchev–Trinajstić information content (AvgIpc) is 3.18. The van der Waals surface area contributed by atoms with Crippen LogP contribution in [-0.2, 0) is 11.2 Å². The van der Waals surface area contributed by atoms with Crippen molar-refractivity contribution in [3.8, 4) is 10.6 Å². The number of thioether (sulfide) groups is 1. The normalized spacial score (nSPS) is 13.8. The van der Waals surface area contributed by atoms with E-state index in [1.165, 1.54) is 11.3 Å². The third kappa shape index (κ3) is 5.47. The molecule has 0 atom stereocenters. The van der Waals surface area contributed by atoms with Gasteiger partial charge < -0.3 is 10.2 Å². The first-order valence-electron chi connectivity index (χ1n) is 9.99. The standard InChI is InChI=1S/C23H22ClN3O2S2/c1-15-21(31-23(25-15)17-4-6-18(24)7-5-17)22(29)26-19-8-2-16(3-9-19)14-20(28)27-10-12-30-13-11-27/h2-9H,10-14H2,1H3,(H,26,29). The Morgan fingerprint density at radius 2 is 1.74 bits per heavy atom. The number of thiazole rings is 1. The molecule has 2 heterocycles. The Balaban J connectivity index is 1.39. The fraction of sp³-hybridized carbons (Fsp3) is 0.261. The Kier molecular flexibility index (Phi) is 6.95. The SMILES string of the molecule is Cc1nc(-c2ccc(Cl)cc2)sc1C(=O)Nc1ccc(CC(=O)N2CCSCC2)cc1. The molecule has 31 heavy (non-hydrogen) atoms. The molecular formula is C23H22ClN3O2S2. The Labute approximate surface area is 194 Å². The minimum Gasteiger partial charge on any atom is -0.341 e. The summed E-state index contributed by atoms with van der Waals surface area (Å²) in [5.74, 6) is 1.98. The quantitative estimate of drug-likeness (QED) is 0.559. The number of nitrogens with one attached hydrogen (secondary N) is 1. The summed E-state index contributed by atoms with van der Waals surface area (Å²) in [4.78, 5) is 32.2. The molecule has 2 amide bonds. The second-order valence-corrected chi connectivity index (χ2v) is 9.92. The van der Waals surface area contributed by atoms with E-state index in [0.29, 0.717) is 27.7 Å². The number of rotatable bonds is 5. The average molecular weight is 472 g/mol. The Morgan fingerprint density at radius 1 is 1.06 bits per heavy atom. The molecular weight excluding hydrogens is 450 g/mol. The largest absolute Gasteiger partial charge is 0.341 e. The highest BCUT2D eigenvalue weighted by molar-refractivity contribution is 7.99. The van der Waals surface area contributed by atoms with E-state index in [1.807, 2.05) is 72.1 Å². The van der Waals surface area contributed by atoms with E-state index >= 15 is 0 Å². The van der Waals surface area contributed by atoms with Crippen LogP contribution in [0.15, 0.2) is 48.5 Å². The lowest BCUT2D eigenvalue weighted by Crippen LogP contribution is -2.38. The second-order valence-electron chi connectivity index (χ2n) is 7.26. The van der Waals surface area contributed by atoms with Crippen LogP contribution in [0.1, 0.15) is 20.9 Å². The molecule has 1 aliphatic heterocycles. The molecule has 0 radical (unpaired) electrons. The van der Waals surface area contributed by atoms with Gasteiger partial charge in [-0.1, -0.05) is 35.9 Å². The van der Waals surface area contributed by atoms with E-state index in [9.17, 15) is 9.59 Å². The molecule has 1 aromatic heterocycles. The molecule has 0 bridgehead atoms. The van der Waals surface area contributed by atoms with Crippen LogP contribution in [0.3, 0.4) is 0 Å². The highest BCUT2D eigenvalue weighted by Crippen LogP contribution is 2.29. The summed E-state index contributed by atoms with van der Waals surface area (Å²) in [5.41, 5.74) is 3.25. The fourth-order valence-corrected chi connectivity index (χ4v) is 5.31. The van der Waals surface area contributed by atoms with Gasteiger partial charge in [-0.3, -0.25) is 9.59 Å². The first-order chi connectivity index (χ1) is 15.0. The third-order valence-corrected chi connectivity index (χ3v) is 7.42. The minimum absolute atomic E-state index is 0.159. The molecule has 0 aliphatic carbocycles. The van der Waals surface area contributed by atoms with Gasteiger partial charge in [-0.25, -0.2) is 4.98 Å². The lowest BCUT2D eigenvalue weighted by atomic mass is 10.1. The van der Waals surface area contributed by atoms with Crippen molar-refractivity contribution in [3.05, 3.63) is 69.7 Å². The van der Waals surface area contributed by atoms with Gasteiger partial charge in [0.05, 0.1) is 12.1 Å². The number of carbonyl (C=O) groups is 2. The molecule has 160 valence electrons. The summed E-state index contributed by atoms with van der Waals surface area (Å²) >= 11 is 9.19. The van der Waals surface area contributed by atoms with Crippen LogP contribution in [0.2, 0.25) is 5.02 Å². The van der Waals surface area contributed by atoms with Gasteiger partial charge in [-0.05, 0) is 36.8 Å². The smallest absolute Gasteiger partial charge is 0.267 e. The highest BCUT2D eigenvalue weighted by Gasteiger charge is 2.18. The molecule has 1 N–H and O–H groups in total. The van der Waals surface area contributed by atoms with Crippen LogP contribution >= 0.6 is 34.7 Å². The second kappa shape index (κ2) is 9.85. The molecule has 1 fully saturated rings. The zero-order valence-corrected chi connectivity index (χ0v) is 19.4. The molecule has 8 heteroatoms. The summed E-state index contributed by atoms with van der Waals surface area (Å²) in [6.45, 7) is 3.48. The van der Waals surface area contributed by atoms with Gasteiger partial charge in [0.2, 0.25) is 5.91 Å². The van der Waals surface area contributed by atoms with Gasteiger partial charge in [0.1, 0.15) is 9.88 Å². The molecule has 0 saturated carbocycles. The van der Waals surface area contributed by atoms with Crippen LogP contribution in [0.25, 0.3) is 10.6 Å². The van der Waals surface area contributed by atoms with E-state index in [0.717, 1.165) is 40.7 Å². The zero-order chi connectivity index (χ0) is 21.8. The van der Waals surface area contributed by atoms with Crippen LogP contribution < -0.4 is 5.32 Å². The first kappa shape index (κ1) is 21.9. The summed E-state index contributed by atoms with van der Waals surface area (Å²) in [6, 6.07) is 14.9. The summed E-state index contributed by atoms with van der Waals surface area (Å²) < 4.78 is 0. The van der Waals surface area contributed by atoms with Crippen LogP contribution in [0.5, 0.6) is 0 Å². The van der Waals surface area contributed by atoms with Crippen LogP contribution in [-0.4, -0.2) is 46.3 Å². The molecule has 2 aromatic carbocycles. The fourth-order valence-electron chi connectivity index (χ4n) is 3.32. The van der Waals surface area contributed by atoms with Gasteiger partial charge in [0.25, 0.3) is 5.91 Å². The van der Waals surface area contributed by atoms with Gasteiger partial charge >= 0.3 is 0 Å². The van der Waals surface area contributed by atoms with Crippen LogP contribution in [0, 0.1) is 6.92 Å². The first-order valence-corrected chi connectivity index (χ1v) is 12.3. The van der Waals surface area contributed by atoms with Crippen molar-refractivity contribution in [1.82, 2.24) is 9.88 Å². The van der Waals surface area contributed by atoms with Crippen molar-refractivity contribution < 1.29 is 9.59 Å². The molecule has 5 nitrogen and oxygen atoms in total. The number of aromatic nitrogens is 1. The van der Waals surface area contributed by atoms with E-state index < -0.39 is 0 Å². The van der Waals surface area contributed by atoms with E-state index in [2.05, 4.69) is 10.3 Å². The maximum Gasteiger partial charge on any atom is 0.267 e. The predicted octanol–water partition coefficient (Wildman–Crippen LogP) is 5.14. The Hall–Kier alpha value is -2.35. The number of hydrogen-bond donors (Lipinski definition) is 1. The van der Waals surface area contributed by atoms with Crippen molar-refractivity contribution in [2.75, 3.05) is 29.9 Å². The monoisotopic (exact) mass is 471 g/mol. The maximum atomic E-state index is 12.8. The lowest BCUT2D eigenvalue weighted by molar-refractivity contribution is -0.130. The number of carbonyl (C=O) groups excluding carboxylic acids is 2. The van der Waals surface area contributed by atoms with Crippen molar-refractivity contribution in [1.29, 1.82) is 0 Å². The number of anilines is 1. The number of amides is 2. The molecule has 4 rings (SSSR count). The van der Waals surface area contributed by atoms with Crippen molar-refractivity contribution in [2.45, 2.75) is 13.3 Å². The number of halogens is 1. The third-order valence-electron chi connectivity index (χ3n) is 5.02. The highest BCUT2D eigenvalue weighted by atomic mass is 35.5. The van der Waals surface area contributed by atoms with Gasteiger partial charge in [0.15, 0.2) is 0 Å². The molecule has 0 spiro atoms. The minimum atomic E-state index is -0.190. The number of hydrogen-bond acceptors (Lipinski definition) is 5. The number of benzene rings is 2. The summed E-state index contributed by atoms with van der Waals surface area (Å²) in [7, 11) is 0. The Bertz CT molecular complexity index is 1080. The van der Waals surface area contributed by atoms with Crippen molar-refractivity contribution in [2.24, 2.45) is 0 Å². The summed E-state index contributed by atoms with van der Waals surface area (Å²) in [5, 5.41) is 4.37. The van der Waals surface area contributed by atoms with E-state index in [4.69, 9.17) is 11.6 Å². The topological polar surface area (TPSA) is 62.3 Å². The van der Waals surface area contributed by atoms with Gasteiger partial charge in [-0.2, -0.15) is 11.8 Å². The maximum absolute atomic E-state index is 12.8. The van der Waals surface area contributed by atoms with Gasteiger partial charge in [0, 0.05) is 40.9 Å². The lowest BCUT2D eigenvalue weighted by Gasteiger charge is -2.26. The number of nitrogens with zero attached hydrogens (tertiary/aromatic N) is 2. The zero-order valence-electron chi connectivity index (χ0n) is 17.1. The molecule has 1 saturated heterocycles. The molecule has 1 aliphatic rings. The summed E-state index contributed by atoms with van der Waals surface area (Å²) in [6.07, 6.45) is 0.386. The van der Waals surface area contributed by atoms with E-state index in [-0.39, 0.29) is 11.8 Å². The predicted molar refractivity (Wildman–Crippen MR) is 129 cm³/mol. The van der Waals surface area contributed by atoms with Crippen molar-refractivity contribution in [3.63, 3.8) is 0 Å². The molecule has 3 aromatic rings. The molecule has 0 unspecified atom stereocenters. The van der Waals surface area contributed by atoms with Gasteiger partial charge in [-0.15, -0.1) is 11.3 Å². The Morgan fingerprint density at radius 3 is 2.42 bits per heavy atom.